The van der Waals surface area contributed by atoms with Crippen LogP contribution in [0.15, 0.2) is 81.0 Å². The standard InChI is InChI=1S/C22H26Cl2N6O2S.C17H18Cl2N6S/c1-21(2,3)32-20(31)28-22(4)8-10-29(11-9-22)19-25-12-16(18-26-13-27-30(18)19)33-15-7-5-6-14(23)17(15)24;1-17(20)5-7-24(8-6-17)16-21-9-13(15-22-10-23-25(15)16)26-12-4-2-3-11(18)14(12)19/h5-7,12-13H,8-11H2,1-4H3,(H,28,31);2-4,9-10H,5-8,20H2,1H3. The second kappa shape index (κ2) is 17.7. The van der Waals surface area contributed by atoms with E-state index in [9.17, 15) is 4.79 Å². The number of nitrogens with one attached hydrogen (secondary N) is 1. The number of anilines is 2. The topological polar surface area (TPSA) is 157 Å². The zero-order chi connectivity index (χ0) is 42.1. The lowest BCUT2D eigenvalue weighted by atomic mass is 9.90. The number of alkyl carbamates (subject to hydrolysis) is 1. The number of halogens is 4. The van der Waals surface area contributed by atoms with Crippen LogP contribution in [-0.2, 0) is 4.74 Å². The second-order valence-corrected chi connectivity index (χ2v) is 19.7. The van der Waals surface area contributed by atoms with E-state index in [1.165, 1.54) is 29.9 Å². The predicted octanol–water partition coefficient (Wildman–Crippen LogP) is 9.37. The number of nitrogens with zero attached hydrogens (tertiary/aromatic N) is 10. The molecule has 2 aliphatic rings. The molecule has 3 N–H and O–H groups in total. The van der Waals surface area contributed by atoms with Crippen molar-refractivity contribution in [3.63, 3.8) is 0 Å². The number of aromatic nitrogens is 8. The van der Waals surface area contributed by atoms with Crippen LogP contribution in [0, 0.1) is 0 Å². The average Bonchev–Trinajstić information content (AvgIpc) is 3.88. The van der Waals surface area contributed by atoms with Gasteiger partial charge in [0.1, 0.15) is 18.3 Å². The lowest BCUT2D eigenvalue weighted by molar-refractivity contribution is 0.0448. The quantitative estimate of drug-likeness (QED) is 0.156. The summed E-state index contributed by atoms with van der Waals surface area (Å²) in [5.74, 6) is 1.50. The Labute approximate surface area is 370 Å². The number of hydrogen-bond donors (Lipinski definition) is 2. The zero-order valence-corrected chi connectivity index (χ0v) is 37.8. The molecule has 312 valence electrons. The van der Waals surface area contributed by atoms with Crippen LogP contribution in [0.2, 0.25) is 20.1 Å². The van der Waals surface area contributed by atoms with Gasteiger partial charge in [0.15, 0.2) is 11.3 Å². The van der Waals surface area contributed by atoms with Crippen LogP contribution < -0.4 is 20.9 Å². The number of piperidine rings is 2. The molecule has 20 heteroatoms. The van der Waals surface area contributed by atoms with Gasteiger partial charge < -0.3 is 25.6 Å². The number of hydrogen-bond acceptors (Lipinski definition) is 13. The molecule has 0 aliphatic carbocycles. The SMILES string of the molecule is CC1(N)CCN(c2ncc(Sc3cccc(Cl)c3Cl)c3ncnn23)CC1.CC1(NC(=O)OC(C)(C)C)CCN(c2ncc(Sc3cccc(Cl)c3Cl)c3ncnn23)CC1. The van der Waals surface area contributed by atoms with E-state index in [0.29, 0.717) is 44.8 Å². The minimum absolute atomic E-state index is 0.114. The van der Waals surface area contributed by atoms with Crippen LogP contribution in [0.5, 0.6) is 0 Å². The molecule has 6 aromatic rings. The Kier molecular flexibility index (Phi) is 13.0. The number of nitrogens with two attached hydrogens (primary N) is 1. The van der Waals surface area contributed by atoms with Crippen molar-refractivity contribution in [2.75, 3.05) is 36.0 Å². The first-order valence-corrected chi connectivity index (χ1v) is 22.0. The molecule has 0 unspecified atom stereocenters. The fourth-order valence-corrected chi connectivity index (χ4v) is 9.38. The Morgan fingerprint density at radius 3 is 1.59 bits per heavy atom. The van der Waals surface area contributed by atoms with Crippen molar-refractivity contribution < 1.29 is 9.53 Å². The molecule has 0 radical (unpaired) electrons. The van der Waals surface area contributed by atoms with Crippen LogP contribution in [0.25, 0.3) is 11.3 Å². The Morgan fingerprint density at radius 2 is 1.15 bits per heavy atom. The van der Waals surface area contributed by atoms with Crippen molar-refractivity contribution >= 4 is 99.2 Å². The Balaban J connectivity index is 0.000000184. The largest absolute Gasteiger partial charge is 0.444 e. The molecule has 1 amide bonds. The third kappa shape index (κ3) is 10.2. The minimum Gasteiger partial charge on any atom is -0.444 e. The normalized spacial score (nSPS) is 16.5. The number of fused-ring (bicyclic) bond motifs is 2. The maximum Gasteiger partial charge on any atom is 0.408 e. The highest BCUT2D eigenvalue weighted by molar-refractivity contribution is 8.00. The van der Waals surface area contributed by atoms with Gasteiger partial charge in [-0.2, -0.15) is 19.2 Å². The Hall–Kier alpha value is -3.77. The smallest absolute Gasteiger partial charge is 0.408 e. The molecule has 2 aromatic carbocycles. The zero-order valence-electron chi connectivity index (χ0n) is 33.1. The molecule has 2 aliphatic heterocycles. The van der Waals surface area contributed by atoms with Crippen molar-refractivity contribution in [1.29, 1.82) is 0 Å². The summed E-state index contributed by atoms with van der Waals surface area (Å²) in [6, 6.07) is 11.1. The monoisotopic (exact) mass is 916 g/mol. The molecule has 2 saturated heterocycles. The maximum absolute atomic E-state index is 12.3. The third-order valence-electron chi connectivity index (χ3n) is 9.92. The van der Waals surface area contributed by atoms with Crippen molar-refractivity contribution in [3.05, 3.63) is 81.5 Å². The molecular formula is C39H44Cl4N12O2S2. The lowest BCUT2D eigenvalue weighted by Gasteiger charge is -2.40. The van der Waals surface area contributed by atoms with Crippen LogP contribution in [0.3, 0.4) is 0 Å². The molecule has 8 rings (SSSR count). The number of amides is 1. The summed E-state index contributed by atoms with van der Waals surface area (Å²) in [6.07, 6.45) is 9.60. The highest BCUT2D eigenvalue weighted by atomic mass is 35.5. The third-order valence-corrected chi connectivity index (χ3v) is 13.9. The molecule has 0 atom stereocenters. The summed E-state index contributed by atoms with van der Waals surface area (Å²) in [7, 11) is 0. The van der Waals surface area contributed by atoms with Crippen LogP contribution >= 0.6 is 69.9 Å². The van der Waals surface area contributed by atoms with E-state index in [0.717, 1.165) is 70.0 Å². The molecule has 0 spiro atoms. The van der Waals surface area contributed by atoms with Crippen molar-refractivity contribution in [2.24, 2.45) is 5.73 Å². The molecule has 59 heavy (non-hydrogen) atoms. The van der Waals surface area contributed by atoms with Crippen molar-refractivity contribution in [2.45, 2.75) is 96.6 Å². The highest BCUT2D eigenvalue weighted by Gasteiger charge is 2.34. The molecule has 2 fully saturated rings. The van der Waals surface area contributed by atoms with Gasteiger partial charge in [0, 0.05) is 59.4 Å². The van der Waals surface area contributed by atoms with Gasteiger partial charge in [-0.1, -0.05) is 82.1 Å². The van der Waals surface area contributed by atoms with Gasteiger partial charge in [0.05, 0.1) is 29.9 Å². The summed E-state index contributed by atoms with van der Waals surface area (Å²) < 4.78 is 8.94. The maximum atomic E-state index is 12.3. The number of rotatable bonds is 7. The molecule has 4 aromatic heterocycles. The second-order valence-electron chi connectivity index (χ2n) is 16.0. The summed E-state index contributed by atoms with van der Waals surface area (Å²) in [5, 5.41) is 13.9. The van der Waals surface area contributed by atoms with Gasteiger partial charge >= 0.3 is 6.09 Å². The highest BCUT2D eigenvalue weighted by Crippen LogP contribution is 2.40. The Bertz CT molecular complexity index is 2460. The first-order chi connectivity index (χ1) is 28.0. The lowest BCUT2D eigenvalue weighted by Crippen LogP contribution is -2.54. The minimum atomic E-state index is -0.529. The van der Waals surface area contributed by atoms with Crippen molar-refractivity contribution in [1.82, 2.24) is 44.5 Å². The van der Waals surface area contributed by atoms with Gasteiger partial charge in [-0.25, -0.2) is 24.7 Å². The summed E-state index contributed by atoms with van der Waals surface area (Å²) in [4.78, 5) is 38.2. The number of benzene rings is 2. The van der Waals surface area contributed by atoms with E-state index >= 15 is 0 Å². The van der Waals surface area contributed by atoms with Gasteiger partial charge in [-0.15, -0.1) is 0 Å². The molecular weight excluding hydrogens is 874 g/mol. The summed E-state index contributed by atoms with van der Waals surface area (Å²) in [6.45, 7) is 12.8. The fraction of sp³-hybridized carbons (Fsp3) is 0.410. The average molecular weight is 919 g/mol. The van der Waals surface area contributed by atoms with Crippen molar-refractivity contribution in [3.8, 4) is 0 Å². The summed E-state index contributed by atoms with van der Waals surface area (Å²) in [5.41, 5.74) is 6.69. The molecule has 14 nitrogen and oxygen atoms in total. The van der Waals surface area contributed by atoms with E-state index < -0.39 is 11.7 Å². The number of ether oxygens (including phenoxy) is 1. The van der Waals surface area contributed by atoms with Crippen LogP contribution in [0.4, 0.5) is 16.7 Å². The number of carbonyl (C=O) groups is 1. The van der Waals surface area contributed by atoms with E-state index in [1.807, 2.05) is 58.2 Å². The molecule has 0 saturated carbocycles. The van der Waals surface area contributed by atoms with Crippen LogP contribution in [-0.4, -0.2) is 88.1 Å². The fourth-order valence-electron chi connectivity index (χ4n) is 6.60. The first kappa shape index (κ1) is 43.3. The first-order valence-electron chi connectivity index (χ1n) is 18.9. The number of carbonyl (C=O) groups excluding carboxylic acids is 1. The van der Waals surface area contributed by atoms with Gasteiger partial charge in [-0.05, 0) is 84.6 Å². The molecule has 6 heterocycles. The van der Waals surface area contributed by atoms with E-state index in [-0.39, 0.29) is 11.1 Å². The summed E-state index contributed by atoms with van der Waals surface area (Å²) >= 11 is 27.9. The van der Waals surface area contributed by atoms with E-state index in [1.54, 1.807) is 33.7 Å². The Morgan fingerprint density at radius 1 is 0.712 bits per heavy atom. The van der Waals surface area contributed by atoms with E-state index in [2.05, 4.69) is 52.2 Å². The van der Waals surface area contributed by atoms with Gasteiger partial charge in [-0.3, -0.25) is 0 Å². The predicted molar refractivity (Wildman–Crippen MR) is 236 cm³/mol. The van der Waals surface area contributed by atoms with Gasteiger partial charge in [0.25, 0.3) is 0 Å². The molecule has 0 bridgehead atoms. The van der Waals surface area contributed by atoms with Crippen LogP contribution in [0.1, 0.15) is 60.3 Å². The van der Waals surface area contributed by atoms with E-state index in [4.69, 9.17) is 56.9 Å². The van der Waals surface area contributed by atoms with Gasteiger partial charge in [0.2, 0.25) is 11.9 Å².